The van der Waals surface area contributed by atoms with Crippen LogP contribution in [0.4, 0.5) is 0 Å². The van der Waals surface area contributed by atoms with Crippen LogP contribution in [0, 0.1) is 0 Å². The zero-order valence-electron chi connectivity index (χ0n) is 13.6. The van der Waals surface area contributed by atoms with Crippen LogP contribution in [0.5, 0.6) is 0 Å². The number of carboxylic acids is 1. The van der Waals surface area contributed by atoms with Gasteiger partial charge in [-0.2, -0.15) is 0 Å². The molecule has 2 N–H and O–H groups in total. The zero-order valence-corrected chi connectivity index (χ0v) is 14.3. The number of hydrogen-bond acceptors (Lipinski definition) is 2. The number of carboxylic acid groups (broad SMARTS) is 1. The van der Waals surface area contributed by atoms with Gasteiger partial charge in [-0.25, -0.2) is 4.79 Å². The average molecular weight is 356 g/mol. The minimum absolute atomic E-state index is 0.264. The Morgan fingerprint density at radius 3 is 2.48 bits per heavy atom. The summed E-state index contributed by atoms with van der Waals surface area (Å²) in [7, 11) is 0. The van der Waals surface area contributed by atoms with E-state index in [4.69, 9.17) is 11.6 Å². The van der Waals surface area contributed by atoms with Crippen LogP contribution in [0.2, 0.25) is 5.02 Å². The van der Waals surface area contributed by atoms with Crippen LogP contribution >= 0.6 is 11.6 Å². The van der Waals surface area contributed by atoms with E-state index < -0.39 is 11.4 Å². The molecular weight excluding hydrogens is 338 g/mol. The van der Waals surface area contributed by atoms with Crippen LogP contribution in [0.3, 0.4) is 0 Å². The highest BCUT2D eigenvalue weighted by molar-refractivity contribution is 6.35. The van der Waals surface area contributed by atoms with E-state index in [1.807, 2.05) is 24.3 Å². The summed E-state index contributed by atoms with van der Waals surface area (Å²) in [5, 5.41) is 9.97. The predicted octanol–water partition coefficient (Wildman–Crippen LogP) is 4.45. The summed E-state index contributed by atoms with van der Waals surface area (Å²) in [5.41, 5.74) is 1.87. The number of aromatic carboxylic acids is 1. The number of nitrogens with one attached hydrogen (secondary N) is 1. The summed E-state index contributed by atoms with van der Waals surface area (Å²) in [4.78, 5) is 26.6. The molecule has 2 aromatic carbocycles. The van der Waals surface area contributed by atoms with E-state index >= 15 is 0 Å². The predicted molar refractivity (Wildman–Crippen MR) is 99.6 cm³/mol. The van der Waals surface area contributed by atoms with Gasteiger partial charge < -0.3 is 10.1 Å². The van der Waals surface area contributed by atoms with Gasteiger partial charge in [0.15, 0.2) is 0 Å². The fraction of sp³-hybridized carbons (Fsp3) is 0.200. The smallest absolute Gasteiger partial charge is 0.341 e. The minimum Gasteiger partial charge on any atom is -0.477 e. The highest BCUT2D eigenvalue weighted by Gasteiger charge is 2.15. The molecule has 0 atom stereocenters. The topological polar surface area (TPSA) is 70.2 Å². The minimum atomic E-state index is -1.24. The van der Waals surface area contributed by atoms with Gasteiger partial charge in [0.05, 0.1) is 15.9 Å². The van der Waals surface area contributed by atoms with Crippen molar-refractivity contribution in [3.05, 3.63) is 80.6 Å². The van der Waals surface area contributed by atoms with E-state index in [1.165, 1.54) is 11.8 Å². The first-order chi connectivity index (χ1) is 12.1. The molecule has 0 unspecified atom stereocenters. The maximum Gasteiger partial charge on any atom is 0.341 e. The Bertz CT molecular complexity index is 964. The molecule has 3 rings (SSSR count). The summed E-state index contributed by atoms with van der Waals surface area (Å²) in [6.45, 7) is 0. The van der Waals surface area contributed by atoms with Crippen molar-refractivity contribution < 1.29 is 9.90 Å². The largest absolute Gasteiger partial charge is 0.477 e. The highest BCUT2D eigenvalue weighted by Crippen LogP contribution is 2.24. The standard InChI is InChI=1S/C20H18ClNO3/c21-16-11-10-14(9-5-4-8-13-6-2-1-3-7-13)17-18(16)22-12-15(19(17)23)20(24)25/h1-3,6-7,10-12H,4-5,8-9H2,(H,22,23)(H,24,25). The van der Waals surface area contributed by atoms with Crippen molar-refractivity contribution in [3.63, 3.8) is 0 Å². The van der Waals surface area contributed by atoms with E-state index in [-0.39, 0.29) is 5.56 Å². The molecule has 25 heavy (non-hydrogen) atoms. The fourth-order valence-corrected chi connectivity index (χ4v) is 3.23. The molecule has 0 saturated carbocycles. The Hall–Kier alpha value is -2.59. The lowest BCUT2D eigenvalue weighted by Crippen LogP contribution is -2.16. The molecule has 0 bridgehead atoms. The van der Waals surface area contributed by atoms with Crippen molar-refractivity contribution in [3.8, 4) is 0 Å². The molecule has 0 radical (unpaired) electrons. The van der Waals surface area contributed by atoms with Gasteiger partial charge >= 0.3 is 5.97 Å². The third kappa shape index (κ3) is 3.74. The van der Waals surface area contributed by atoms with Crippen LogP contribution in [0.15, 0.2) is 53.5 Å². The van der Waals surface area contributed by atoms with Crippen molar-refractivity contribution in [1.82, 2.24) is 4.98 Å². The number of unbranched alkanes of at least 4 members (excludes halogenated alkanes) is 1. The normalized spacial score (nSPS) is 10.9. The SMILES string of the molecule is O=C(O)c1c[nH]c2c(Cl)ccc(CCCCc3ccccc3)c2c1=O. The summed E-state index contributed by atoms with van der Waals surface area (Å²) in [6, 6.07) is 13.8. The first kappa shape index (κ1) is 17.2. The highest BCUT2D eigenvalue weighted by atomic mass is 35.5. The van der Waals surface area contributed by atoms with Gasteiger partial charge in [-0.15, -0.1) is 0 Å². The molecule has 1 heterocycles. The lowest BCUT2D eigenvalue weighted by molar-refractivity contribution is 0.0695. The number of H-pyrrole nitrogens is 1. The van der Waals surface area contributed by atoms with Crippen molar-refractivity contribution in [2.24, 2.45) is 0 Å². The summed E-state index contributed by atoms with van der Waals surface area (Å²) < 4.78 is 0. The molecule has 0 aliphatic carbocycles. The number of halogens is 1. The summed E-state index contributed by atoms with van der Waals surface area (Å²) in [5.74, 6) is -1.24. The Balaban J connectivity index is 1.83. The monoisotopic (exact) mass is 355 g/mol. The fourth-order valence-electron chi connectivity index (χ4n) is 3.02. The molecule has 128 valence electrons. The Labute approximate surface area is 150 Å². The third-order valence-electron chi connectivity index (χ3n) is 4.31. The molecule has 3 aromatic rings. The van der Waals surface area contributed by atoms with Crippen molar-refractivity contribution in [2.75, 3.05) is 0 Å². The van der Waals surface area contributed by atoms with Gasteiger partial charge in [-0.3, -0.25) is 4.79 Å². The number of aryl methyl sites for hydroxylation is 2. The van der Waals surface area contributed by atoms with Gasteiger partial charge in [0.1, 0.15) is 5.56 Å². The van der Waals surface area contributed by atoms with Gasteiger partial charge in [-0.1, -0.05) is 48.0 Å². The van der Waals surface area contributed by atoms with Crippen LogP contribution < -0.4 is 5.43 Å². The number of aromatic nitrogens is 1. The van der Waals surface area contributed by atoms with Crippen LogP contribution in [0.25, 0.3) is 10.9 Å². The number of hydrogen-bond donors (Lipinski definition) is 2. The molecule has 0 aliphatic heterocycles. The van der Waals surface area contributed by atoms with Gasteiger partial charge in [0.25, 0.3) is 0 Å². The zero-order chi connectivity index (χ0) is 17.8. The van der Waals surface area contributed by atoms with E-state index in [1.54, 1.807) is 6.07 Å². The number of aromatic amines is 1. The van der Waals surface area contributed by atoms with E-state index in [0.29, 0.717) is 22.3 Å². The summed E-state index contributed by atoms with van der Waals surface area (Å²) >= 11 is 6.16. The van der Waals surface area contributed by atoms with Crippen molar-refractivity contribution in [2.45, 2.75) is 25.7 Å². The number of rotatable bonds is 6. The Morgan fingerprint density at radius 1 is 1.04 bits per heavy atom. The molecular formula is C20H18ClNO3. The molecule has 0 aliphatic rings. The third-order valence-corrected chi connectivity index (χ3v) is 4.62. The van der Waals surface area contributed by atoms with E-state index in [2.05, 4.69) is 17.1 Å². The molecule has 5 heteroatoms. The first-order valence-electron chi connectivity index (χ1n) is 8.18. The molecule has 1 aromatic heterocycles. The molecule has 0 spiro atoms. The van der Waals surface area contributed by atoms with Crippen LogP contribution in [0.1, 0.15) is 34.3 Å². The van der Waals surface area contributed by atoms with E-state index in [0.717, 1.165) is 24.8 Å². The second kappa shape index (κ2) is 7.53. The average Bonchev–Trinajstić information content (AvgIpc) is 2.61. The lowest BCUT2D eigenvalue weighted by atomic mass is 9.99. The number of fused-ring (bicyclic) bond motifs is 1. The molecule has 0 fully saturated rings. The first-order valence-corrected chi connectivity index (χ1v) is 8.55. The van der Waals surface area contributed by atoms with Gasteiger partial charge in [0.2, 0.25) is 5.43 Å². The molecule has 0 amide bonds. The maximum atomic E-state index is 12.5. The Morgan fingerprint density at radius 2 is 1.76 bits per heavy atom. The quantitative estimate of drug-likeness (QED) is 0.642. The number of carbonyl (C=O) groups is 1. The van der Waals surface area contributed by atoms with E-state index in [9.17, 15) is 14.7 Å². The summed E-state index contributed by atoms with van der Waals surface area (Å²) in [6.07, 6.45) is 4.78. The Kier molecular flexibility index (Phi) is 5.19. The number of pyridine rings is 1. The van der Waals surface area contributed by atoms with Crippen LogP contribution in [-0.2, 0) is 12.8 Å². The van der Waals surface area contributed by atoms with Crippen molar-refractivity contribution >= 4 is 28.5 Å². The van der Waals surface area contributed by atoms with Gasteiger partial charge in [0, 0.05) is 6.20 Å². The second-order valence-corrected chi connectivity index (χ2v) is 6.39. The van der Waals surface area contributed by atoms with Gasteiger partial charge in [-0.05, 0) is 42.9 Å². The second-order valence-electron chi connectivity index (χ2n) is 5.99. The molecule has 4 nitrogen and oxygen atoms in total. The van der Waals surface area contributed by atoms with Crippen LogP contribution in [-0.4, -0.2) is 16.1 Å². The van der Waals surface area contributed by atoms with Crippen molar-refractivity contribution in [1.29, 1.82) is 0 Å². The lowest BCUT2D eigenvalue weighted by Gasteiger charge is -2.09. The molecule has 0 saturated heterocycles. The number of benzene rings is 2. The maximum absolute atomic E-state index is 12.5.